The van der Waals surface area contributed by atoms with Crippen molar-refractivity contribution >= 4 is 33.2 Å². The predicted octanol–water partition coefficient (Wildman–Crippen LogP) is 1.98. The van der Waals surface area contributed by atoms with Crippen LogP contribution in [0, 0.1) is 0 Å². The maximum Gasteiger partial charge on any atom is 0.251 e. The van der Waals surface area contributed by atoms with Gasteiger partial charge in [0.15, 0.2) is 0 Å². The van der Waals surface area contributed by atoms with Crippen molar-refractivity contribution in [3.63, 3.8) is 0 Å². The van der Waals surface area contributed by atoms with Crippen LogP contribution in [-0.4, -0.2) is 36.6 Å². The topological polar surface area (TPSA) is 55.6 Å². The Hall–Kier alpha value is -0.430. The van der Waals surface area contributed by atoms with E-state index in [0.29, 0.717) is 13.1 Å². The fraction of sp³-hybridized carbons (Fsp3) is 0.583. The number of likely N-dealkylation sites (N-methyl/N-ethyl adjacent to an activating group) is 1. The number of hydrogen-bond acceptors (Lipinski definition) is 4. The third-order valence-electron chi connectivity index (χ3n) is 3.06. The van der Waals surface area contributed by atoms with Gasteiger partial charge in [-0.15, -0.1) is 11.3 Å². The highest BCUT2D eigenvalue weighted by molar-refractivity contribution is 9.11. The summed E-state index contributed by atoms with van der Waals surface area (Å²) in [6, 6.07) is 2.03. The van der Waals surface area contributed by atoms with Crippen molar-refractivity contribution < 1.29 is 9.53 Å². The van der Waals surface area contributed by atoms with Crippen LogP contribution >= 0.6 is 27.3 Å². The molecule has 0 aliphatic carbocycles. The summed E-state index contributed by atoms with van der Waals surface area (Å²) in [4.78, 5) is 13.9. The molecular formula is C12H17BrN2O2S. The second kappa shape index (κ2) is 6.14. The Morgan fingerprint density at radius 1 is 1.67 bits per heavy atom. The quantitative estimate of drug-likeness (QED) is 0.917. The number of rotatable bonds is 4. The number of hydrogen-bond donors (Lipinski definition) is 1. The van der Waals surface area contributed by atoms with Gasteiger partial charge in [0, 0.05) is 20.1 Å². The molecule has 2 atom stereocenters. The lowest BCUT2D eigenvalue weighted by Crippen LogP contribution is -2.36. The molecule has 0 aromatic carbocycles. The van der Waals surface area contributed by atoms with Gasteiger partial charge in [0.2, 0.25) is 0 Å². The Morgan fingerprint density at radius 2 is 2.44 bits per heavy atom. The highest BCUT2D eigenvalue weighted by Crippen LogP contribution is 2.23. The van der Waals surface area contributed by atoms with Crippen LogP contribution in [0.3, 0.4) is 0 Å². The second-order valence-electron chi connectivity index (χ2n) is 4.51. The molecule has 1 amide bonds. The monoisotopic (exact) mass is 332 g/mol. The summed E-state index contributed by atoms with van der Waals surface area (Å²) in [5.41, 5.74) is 6.68. The summed E-state index contributed by atoms with van der Waals surface area (Å²) in [5, 5.41) is 2.05. The zero-order chi connectivity index (χ0) is 13.1. The van der Waals surface area contributed by atoms with Crippen molar-refractivity contribution in [3.8, 4) is 0 Å². The van der Waals surface area contributed by atoms with Gasteiger partial charge in [-0.05, 0) is 45.8 Å². The normalized spacial score (nSPS) is 23.3. The van der Waals surface area contributed by atoms with E-state index in [2.05, 4.69) is 15.9 Å². The molecule has 0 saturated carbocycles. The van der Waals surface area contributed by atoms with Crippen LogP contribution in [0.1, 0.15) is 18.4 Å². The highest BCUT2D eigenvalue weighted by atomic mass is 79.9. The number of nitrogens with two attached hydrogens (primary N) is 1. The van der Waals surface area contributed by atoms with E-state index in [9.17, 15) is 4.79 Å². The standard InChI is InChI=1S/C12H17BrN2O2S/c1-15(6-8-4-11(13)18-7-8)12(16)10-3-2-9(5-14)17-10/h4,7,9-10H,2-3,5-6,14H2,1H3/t9-,10+/m1/s1. The van der Waals surface area contributed by atoms with Crippen LogP contribution in [0.25, 0.3) is 0 Å². The summed E-state index contributed by atoms with van der Waals surface area (Å²) in [7, 11) is 1.81. The number of thiophene rings is 1. The first-order valence-corrected chi connectivity index (χ1v) is 7.61. The first kappa shape index (κ1) is 14.0. The second-order valence-corrected chi connectivity index (χ2v) is 6.80. The van der Waals surface area contributed by atoms with Gasteiger partial charge in [-0.3, -0.25) is 4.79 Å². The van der Waals surface area contributed by atoms with E-state index >= 15 is 0 Å². The third kappa shape index (κ3) is 3.32. The van der Waals surface area contributed by atoms with Gasteiger partial charge in [0.05, 0.1) is 9.89 Å². The number of ether oxygens (including phenoxy) is 1. The zero-order valence-corrected chi connectivity index (χ0v) is 12.7. The van der Waals surface area contributed by atoms with E-state index in [1.165, 1.54) is 0 Å². The molecule has 1 aromatic rings. The molecule has 100 valence electrons. The number of nitrogens with zero attached hydrogens (tertiary/aromatic N) is 1. The average Bonchev–Trinajstić information content (AvgIpc) is 2.97. The summed E-state index contributed by atoms with van der Waals surface area (Å²) < 4.78 is 6.70. The lowest BCUT2D eigenvalue weighted by molar-refractivity contribution is -0.141. The summed E-state index contributed by atoms with van der Waals surface area (Å²) >= 11 is 5.04. The Morgan fingerprint density at radius 3 is 3.00 bits per heavy atom. The Labute approximate surface area is 119 Å². The minimum absolute atomic E-state index is 0.0441. The van der Waals surface area contributed by atoms with Gasteiger partial charge >= 0.3 is 0 Å². The molecule has 0 radical (unpaired) electrons. The van der Waals surface area contributed by atoms with Crippen molar-refractivity contribution in [1.82, 2.24) is 4.90 Å². The first-order chi connectivity index (χ1) is 8.60. The highest BCUT2D eigenvalue weighted by Gasteiger charge is 2.31. The molecule has 1 fully saturated rings. The van der Waals surface area contributed by atoms with E-state index in [-0.39, 0.29) is 18.1 Å². The van der Waals surface area contributed by atoms with Gasteiger partial charge in [-0.25, -0.2) is 0 Å². The zero-order valence-electron chi connectivity index (χ0n) is 10.3. The van der Waals surface area contributed by atoms with Crippen molar-refractivity contribution in [1.29, 1.82) is 0 Å². The minimum atomic E-state index is -0.314. The Bertz CT molecular complexity index is 424. The molecule has 2 rings (SSSR count). The lowest BCUT2D eigenvalue weighted by atomic mass is 10.2. The summed E-state index contributed by atoms with van der Waals surface area (Å²) in [6.07, 6.45) is 1.39. The predicted molar refractivity (Wildman–Crippen MR) is 75.4 cm³/mol. The molecule has 6 heteroatoms. The first-order valence-electron chi connectivity index (χ1n) is 5.93. The molecule has 1 aliphatic heterocycles. The van der Waals surface area contributed by atoms with Gasteiger partial charge in [-0.1, -0.05) is 0 Å². The van der Waals surface area contributed by atoms with Gasteiger partial charge in [-0.2, -0.15) is 0 Å². The molecule has 2 heterocycles. The number of carbonyl (C=O) groups is 1. The van der Waals surface area contributed by atoms with Crippen molar-refractivity contribution in [3.05, 3.63) is 20.8 Å². The smallest absolute Gasteiger partial charge is 0.251 e. The van der Waals surface area contributed by atoms with Crippen LogP contribution in [0.5, 0.6) is 0 Å². The van der Waals surface area contributed by atoms with Gasteiger partial charge in [0.25, 0.3) is 5.91 Å². The third-order valence-corrected chi connectivity index (χ3v) is 4.62. The SMILES string of the molecule is CN(Cc1csc(Br)c1)C(=O)[C@@H]1CC[C@H](CN)O1. The molecule has 0 unspecified atom stereocenters. The Balaban J connectivity index is 1.89. The van der Waals surface area contributed by atoms with Crippen LogP contribution in [0.15, 0.2) is 15.2 Å². The van der Waals surface area contributed by atoms with Crippen LogP contribution in [0.2, 0.25) is 0 Å². The van der Waals surface area contributed by atoms with Crippen LogP contribution in [-0.2, 0) is 16.1 Å². The van der Waals surface area contributed by atoms with E-state index in [4.69, 9.17) is 10.5 Å². The number of halogens is 1. The van der Waals surface area contributed by atoms with Crippen molar-refractivity contribution in [2.24, 2.45) is 5.73 Å². The Kier molecular flexibility index (Phi) is 4.77. The van der Waals surface area contributed by atoms with Crippen LogP contribution in [0.4, 0.5) is 0 Å². The lowest BCUT2D eigenvalue weighted by Gasteiger charge is -2.20. The molecule has 1 aliphatic rings. The average molecular weight is 333 g/mol. The van der Waals surface area contributed by atoms with Gasteiger partial charge in [0.1, 0.15) is 6.10 Å². The molecule has 18 heavy (non-hydrogen) atoms. The largest absolute Gasteiger partial charge is 0.364 e. The molecule has 2 N–H and O–H groups in total. The molecule has 0 spiro atoms. The van der Waals surface area contributed by atoms with E-state index in [1.807, 2.05) is 18.5 Å². The maximum atomic E-state index is 12.2. The fourth-order valence-corrected chi connectivity index (χ4v) is 3.29. The van der Waals surface area contributed by atoms with Gasteiger partial charge < -0.3 is 15.4 Å². The number of amides is 1. The molecule has 1 aromatic heterocycles. The molecule has 0 bridgehead atoms. The maximum absolute atomic E-state index is 12.2. The molecular weight excluding hydrogens is 316 g/mol. The fourth-order valence-electron chi connectivity index (χ4n) is 2.09. The van der Waals surface area contributed by atoms with E-state index in [0.717, 1.165) is 22.2 Å². The van der Waals surface area contributed by atoms with Crippen LogP contribution < -0.4 is 5.73 Å². The number of carbonyl (C=O) groups excluding carboxylic acids is 1. The van der Waals surface area contributed by atoms with E-state index < -0.39 is 0 Å². The summed E-state index contributed by atoms with van der Waals surface area (Å²) in [5.74, 6) is 0.0493. The molecule has 1 saturated heterocycles. The molecule has 4 nitrogen and oxygen atoms in total. The van der Waals surface area contributed by atoms with Crippen molar-refractivity contribution in [2.75, 3.05) is 13.6 Å². The summed E-state index contributed by atoms with van der Waals surface area (Å²) in [6.45, 7) is 1.11. The van der Waals surface area contributed by atoms with E-state index in [1.54, 1.807) is 16.2 Å². The minimum Gasteiger partial charge on any atom is -0.364 e. The van der Waals surface area contributed by atoms with Crippen molar-refractivity contribution in [2.45, 2.75) is 31.6 Å².